The molecule has 0 unspecified atom stereocenters. The molecule has 1 fully saturated rings. The Balaban J connectivity index is 1.45. The Bertz CT molecular complexity index is 1170. The van der Waals surface area contributed by atoms with Crippen LogP contribution in [0.2, 0.25) is 10.0 Å². The van der Waals surface area contributed by atoms with Gasteiger partial charge < -0.3 is 4.90 Å². The smallest absolute Gasteiger partial charge is 0.274 e. The first-order valence-corrected chi connectivity index (χ1v) is 11.4. The number of piperazine rings is 1. The van der Waals surface area contributed by atoms with Gasteiger partial charge in [0.1, 0.15) is 4.90 Å². The number of benzene rings is 2. The molecule has 0 radical (unpaired) electrons. The number of carbonyl (C=O) groups is 1. The maximum Gasteiger partial charge on any atom is 0.274 e. The van der Waals surface area contributed by atoms with E-state index in [1.165, 1.54) is 22.5 Å². The molecule has 1 aromatic heterocycles. The summed E-state index contributed by atoms with van der Waals surface area (Å²) in [7, 11) is -3.80. The molecular weight excluding hydrogens is 447 g/mol. The van der Waals surface area contributed by atoms with E-state index in [4.69, 9.17) is 23.2 Å². The van der Waals surface area contributed by atoms with E-state index in [-0.39, 0.29) is 42.0 Å². The number of sulfonamides is 1. The predicted molar refractivity (Wildman–Crippen MR) is 115 cm³/mol. The van der Waals surface area contributed by atoms with Gasteiger partial charge >= 0.3 is 0 Å². The fourth-order valence-electron chi connectivity index (χ4n) is 3.27. The molecule has 4 rings (SSSR count). The van der Waals surface area contributed by atoms with Crippen molar-refractivity contribution in [1.29, 1.82) is 0 Å². The van der Waals surface area contributed by atoms with Crippen molar-refractivity contribution < 1.29 is 13.2 Å². The molecule has 30 heavy (non-hydrogen) atoms. The number of rotatable bonds is 4. The molecule has 1 aliphatic heterocycles. The fourth-order valence-corrected chi connectivity index (χ4v) is 5.43. The molecule has 0 aliphatic carbocycles. The average molecular weight is 465 g/mol. The Morgan fingerprint density at radius 1 is 0.933 bits per heavy atom. The van der Waals surface area contributed by atoms with Crippen molar-refractivity contribution in [2.45, 2.75) is 4.90 Å². The molecule has 1 amide bonds. The van der Waals surface area contributed by atoms with E-state index >= 15 is 0 Å². The van der Waals surface area contributed by atoms with Gasteiger partial charge in [-0.05, 0) is 36.4 Å². The van der Waals surface area contributed by atoms with Crippen LogP contribution in [-0.4, -0.2) is 59.5 Å². The van der Waals surface area contributed by atoms with Gasteiger partial charge in [0.15, 0.2) is 5.69 Å². The Morgan fingerprint density at radius 2 is 1.63 bits per heavy atom. The minimum absolute atomic E-state index is 0.0296. The highest BCUT2D eigenvalue weighted by Crippen LogP contribution is 2.28. The molecule has 10 heteroatoms. The molecule has 0 atom stereocenters. The van der Waals surface area contributed by atoms with Crippen molar-refractivity contribution in [3.63, 3.8) is 0 Å². The van der Waals surface area contributed by atoms with Crippen molar-refractivity contribution in [2.75, 3.05) is 26.2 Å². The van der Waals surface area contributed by atoms with E-state index < -0.39 is 10.0 Å². The van der Waals surface area contributed by atoms with Crippen LogP contribution in [0.25, 0.3) is 5.69 Å². The summed E-state index contributed by atoms with van der Waals surface area (Å²) < 4.78 is 28.8. The molecular formula is C20H18Cl2N4O3S. The number of hydrogen-bond acceptors (Lipinski definition) is 4. The van der Waals surface area contributed by atoms with Crippen LogP contribution < -0.4 is 0 Å². The molecule has 1 saturated heterocycles. The zero-order chi connectivity index (χ0) is 21.3. The zero-order valence-electron chi connectivity index (χ0n) is 15.8. The van der Waals surface area contributed by atoms with Crippen molar-refractivity contribution >= 4 is 39.1 Å². The van der Waals surface area contributed by atoms with Crippen molar-refractivity contribution in [1.82, 2.24) is 19.0 Å². The van der Waals surface area contributed by atoms with E-state index in [0.717, 1.165) is 5.69 Å². The molecule has 0 spiro atoms. The third kappa shape index (κ3) is 4.09. The summed E-state index contributed by atoms with van der Waals surface area (Å²) in [5, 5.41) is 4.76. The highest BCUT2D eigenvalue weighted by Gasteiger charge is 2.32. The first-order valence-electron chi connectivity index (χ1n) is 9.22. The molecule has 1 aliphatic rings. The van der Waals surface area contributed by atoms with Gasteiger partial charge in [-0.2, -0.15) is 9.40 Å². The predicted octanol–water partition coefficient (Wildman–Crippen LogP) is 3.33. The third-order valence-corrected chi connectivity index (χ3v) is 7.48. The number of para-hydroxylation sites is 1. The number of halogens is 2. The lowest BCUT2D eigenvalue weighted by molar-refractivity contribution is 0.0691. The third-order valence-electron chi connectivity index (χ3n) is 4.87. The summed E-state index contributed by atoms with van der Waals surface area (Å²) in [6, 6.07) is 15.5. The number of carbonyl (C=O) groups excluding carboxylic acids is 1. The van der Waals surface area contributed by atoms with Gasteiger partial charge in [-0.15, -0.1) is 0 Å². The lowest BCUT2D eigenvalue weighted by Crippen LogP contribution is -2.50. The quantitative estimate of drug-likeness (QED) is 0.593. The summed E-state index contributed by atoms with van der Waals surface area (Å²) in [6.45, 7) is 0.843. The number of nitrogens with zero attached hydrogens (tertiary/aromatic N) is 4. The Kier molecular flexibility index (Phi) is 5.84. The SMILES string of the molecule is O=C(c1ccn(-c2ccccc2)n1)N1CCN(S(=O)(=O)c2cc(Cl)ccc2Cl)CC1. The van der Waals surface area contributed by atoms with E-state index in [9.17, 15) is 13.2 Å². The molecule has 2 heterocycles. The Hall–Kier alpha value is -2.39. The van der Waals surface area contributed by atoms with Gasteiger partial charge in [-0.3, -0.25) is 4.79 Å². The second-order valence-corrected chi connectivity index (χ2v) is 9.50. The molecule has 3 aromatic rings. The second kappa shape index (κ2) is 8.39. The lowest BCUT2D eigenvalue weighted by atomic mass is 10.3. The van der Waals surface area contributed by atoms with Gasteiger partial charge in [-0.1, -0.05) is 41.4 Å². The normalized spacial score (nSPS) is 15.3. The number of aromatic nitrogens is 2. The van der Waals surface area contributed by atoms with Crippen molar-refractivity contribution in [3.8, 4) is 5.69 Å². The van der Waals surface area contributed by atoms with Gasteiger partial charge in [0, 0.05) is 37.4 Å². The number of amides is 1. The Morgan fingerprint density at radius 3 is 2.33 bits per heavy atom. The van der Waals surface area contributed by atoms with Crippen LogP contribution in [0.4, 0.5) is 0 Å². The van der Waals surface area contributed by atoms with Crippen LogP contribution in [0.1, 0.15) is 10.5 Å². The van der Waals surface area contributed by atoms with Gasteiger partial charge in [0.2, 0.25) is 10.0 Å². The molecule has 2 aromatic carbocycles. The summed E-state index contributed by atoms with van der Waals surface area (Å²) in [5.41, 5.74) is 1.17. The van der Waals surface area contributed by atoms with Gasteiger partial charge in [0.25, 0.3) is 5.91 Å². The van der Waals surface area contributed by atoms with E-state index in [1.807, 2.05) is 30.3 Å². The maximum atomic E-state index is 12.9. The standard InChI is InChI=1S/C20H18Cl2N4O3S/c21-15-6-7-17(22)19(14-15)30(28,29)25-12-10-24(11-13-25)20(27)18-8-9-26(23-18)16-4-2-1-3-5-16/h1-9,14H,10-13H2. The minimum Gasteiger partial charge on any atom is -0.335 e. The summed E-state index contributed by atoms with van der Waals surface area (Å²) in [4.78, 5) is 14.4. The van der Waals surface area contributed by atoms with Gasteiger partial charge in [-0.25, -0.2) is 13.1 Å². The molecule has 7 nitrogen and oxygen atoms in total. The fraction of sp³-hybridized carbons (Fsp3) is 0.200. The second-order valence-electron chi connectivity index (χ2n) is 6.75. The average Bonchev–Trinajstić information content (AvgIpc) is 3.26. The lowest BCUT2D eigenvalue weighted by Gasteiger charge is -2.33. The largest absolute Gasteiger partial charge is 0.335 e. The van der Waals surface area contributed by atoms with Crippen LogP contribution in [-0.2, 0) is 10.0 Å². The molecule has 0 N–H and O–H groups in total. The monoisotopic (exact) mass is 464 g/mol. The highest BCUT2D eigenvalue weighted by molar-refractivity contribution is 7.89. The van der Waals surface area contributed by atoms with Crippen LogP contribution in [0.5, 0.6) is 0 Å². The van der Waals surface area contributed by atoms with Gasteiger partial charge in [0.05, 0.1) is 10.7 Å². The molecule has 156 valence electrons. The first-order chi connectivity index (χ1) is 14.4. The summed E-state index contributed by atoms with van der Waals surface area (Å²) in [6.07, 6.45) is 1.73. The zero-order valence-corrected chi connectivity index (χ0v) is 18.1. The Labute approximate surface area is 184 Å². The minimum atomic E-state index is -3.80. The van der Waals surface area contributed by atoms with E-state index in [2.05, 4.69) is 5.10 Å². The van der Waals surface area contributed by atoms with Crippen LogP contribution in [0, 0.1) is 0 Å². The molecule has 0 saturated carbocycles. The van der Waals surface area contributed by atoms with E-state index in [0.29, 0.717) is 10.7 Å². The number of hydrogen-bond donors (Lipinski definition) is 0. The first kappa shape index (κ1) is 20.9. The van der Waals surface area contributed by atoms with Crippen LogP contribution in [0.3, 0.4) is 0 Å². The van der Waals surface area contributed by atoms with Crippen molar-refractivity contribution in [3.05, 3.63) is 76.5 Å². The van der Waals surface area contributed by atoms with Crippen LogP contribution >= 0.6 is 23.2 Å². The highest BCUT2D eigenvalue weighted by atomic mass is 35.5. The van der Waals surface area contributed by atoms with Crippen LogP contribution in [0.15, 0.2) is 65.7 Å². The maximum absolute atomic E-state index is 12.9. The molecule has 0 bridgehead atoms. The topological polar surface area (TPSA) is 75.5 Å². The van der Waals surface area contributed by atoms with Crippen molar-refractivity contribution in [2.24, 2.45) is 0 Å². The summed E-state index contributed by atoms with van der Waals surface area (Å²) >= 11 is 12.0. The summed E-state index contributed by atoms with van der Waals surface area (Å²) in [5.74, 6) is -0.234. The van der Waals surface area contributed by atoms with E-state index in [1.54, 1.807) is 21.8 Å².